The number of nitrogens with zero attached hydrogens (tertiary/aromatic N) is 3. The fraction of sp³-hybridized carbons (Fsp3) is 0.0909. The molecule has 0 radical (unpaired) electrons. The highest BCUT2D eigenvalue weighted by molar-refractivity contribution is 9.13. The molecule has 0 saturated carbocycles. The highest BCUT2D eigenvalue weighted by Crippen LogP contribution is 2.42. The van der Waals surface area contributed by atoms with Crippen molar-refractivity contribution in [3.05, 3.63) is 110 Å². The summed E-state index contributed by atoms with van der Waals surface area (Å²) in [5.41, 5.74) is 1.90. The van der Waals surface area contributed by atoms with Crippen LogP contribution in [0.5, 0.6) is 17.2 Å². The minimum Gasteiger partial charge on any atom is -0.496 e. The molecule has 4 aromatic carbocycles. The minimum atomic E-state index is -0.384. The van der Waals surface area contributed by atoms with E-state index in [1.807, 2.05) is 42.5 Å². The van der Waals surface area contributed by atoms with Gasteiger partial charge in [-0.05, 0) is 80.4 Å². The van der Waals surface area contributed by atoms with Gasteiger partial charge in [0.25, 0.3) is 11.5 Å². The Hall–Kier alpha value is -4.94. The second kappa shape index (κ2) is 13.0. The SMILES string of the molecule is COc1cc(C=Nn2c(-c3cc4c(OC)cccc4o3)nc3ccccc3c2=O)c(Br)c(Br)c1OCC(=O)Nc1ccccc1. The Morgan fingerprint density at radius 3 is 2.47 bits per heavy atom. The molecule has 0 unspecified atom stereocenters. The standard InChI is InChI=1S/C33H24Br2N4O6/c1-42-24-13-8-14-25-22(24)16-27(45-25)32-38-23-12-7-6-11-21(23)33(41)39(32)36-17-19-15-26(43-2)31(30(35)29(19)34)44-18-28(40)37-20-9-4-3-5-10-20/h3-17H,18H2,1-2H3,(H,37,40). The number of anilines is 1. The number of halogens is 2. The Labute approximate surface area is 273 Å². The molecule has 0 spiro atoms. The predicted octanol–water partition coefficient (Wildman–Crippen LogP) is 7.25. The average Bonchev–Trinajstić information content (AvgIpc) is 3.50. The van der Waals surface area contributed by atoms with Crippen LogP contribution in [0.25, 0.3) is 33.5 Å². The van der Waals surface area contributed by atoms with Crippen molar-refractivity contribution in [1.82, 2.24) is 9.66 Å². The van der Waals surface area contributed by atoms with E-state index < -0.39 is 0 Å². The van der Waals surface area contributed by atoms with E-state index in [4.69, 9.17) is 23.6 Å². The third-order valence-electron chi connectivity index (χ3n) is 6.81. The second-order valence-corrected chi connectivity index (χ2v) is 11.2. The van der Waals surface area contributed by atoms with E-state index in [1.165, 1.54) is 18.0 Å². The van der Waals surface area contributed by atoms with Gasteiger partial charge in [-0.3, -0.25) is 9.59 Å². The zero-order chi connectivity index (χ0) is 31.5. The van der Waals surface area contributed by atoms with Gasteiger partial charge in [-0.25, -0.2) is 4.98 Å². The van der Waals surface area contributed by atoms with E-state index in [0.29, 0.717) is 59.7 Å². The topological polar surface area (TPSA) is 117 Å². The molecule has 45 heavy (non-hydrogen) atoms. The molecule has 1 amide bonds. The van der Waals surface area contributed by atoms with Crippen LogP contribution in [0.1, 0.15) is 5.56 Å². The summed E-state index contributed by atoms with van der Waals surface area (Å²) in [6.07, 6.45) is 1.49. The van der Waals surface area contributed by atoms with Crippen molar-refractivity contribution in [2.45, 2.75) is 0 Å². The first kappa shape index (κ1) is 30.1. The molecule has 0 aliphatic heterocycles. The van der Waals surface area contributed by atoms with Gasteiger partial charge in [-0.15, -0.1) is 0 Å². The number of furan rings is 1. The number of amides is 1. The van der Waals surface area contributed by atoms with Crippen LogP contribution < -0.4 is 25.1 Å². The summed E-state index contributed by atoms with van der Waals surface area (Å²) < 4.78 is 25.3. The number of para-hydroxylation sites is 2. The van der Waals surface area contributed by atoms with E-state index in [9.17, 15) is 9.59 Å². The lowest BCUT2D eigenvalue weighted by molar-refractivity contribution is -0.118. The summed E-state index contributed by atoms with van der Waals surface area (Å²) in [7, 11) is 3.06. The van der Waals surface area contributed by atoms with E-state index in [1.54, 1.807) is 49.6 Å². The zero-order valence-electron chi connectivity index (χ0n) is 23.9. The van der Waals surface area contributed by atoms with Crippen molar-refractivity contribution in [3.63, 3.8) is 0 Å². The lowest BCUT2D eigenvalue weighted by Gasteiger charge is -2.15. The van der Waals surface area contributed by atoms with Gasteiger partial charge in [0.15, 0.2) is 23.9 Å². The minimum absolute atomic E-state index is 0.208. The molecule has 6 rings (SSSR count). The van der Waals surface area contributed by atoms with E-state index >= 15 is 0 Å². The molecule has 0 aliphatic carbocycles. The molecule has 12 heteroatoms. The molecule has 0 aliphatic rings. The first-order valence-electron chi connectivity index (χ1n) is 13.5. The van der Waals surface area contributed by atoms with E-state index in [-0.39, 0.29) is 23.9 Å². The Bertz CT molecular complexity index is 2140. The highest BCUT2D eigenvalue weighted by atomic mass is 79.9. The summed E-state index contributed by atoms with van der Waals surface area (Å²) >= 11 is 7.12. The van der Waals surface area contributed by atoms with Gasteiger partial charge in [0.1, 0.15) is 11.3 Å². The number of ether oxygens (including phenoxy) is 3. The van der Waals surface area contributed by atoms with Crippen LogP contribution in [0.15, 0.2) is 108 Å². The molecule has 0 atom stereocenters. The molecule has 10 nitrogen and oxygen atoms in total. The van der Waals surface area contributed by atoms with Gasteiger partial charge in [0, 0.05) is 15.7 Å². The number of methoxy groups -OCH3 is 2. The smallest absolute Gasteiger partial charge is 0.282 e. The Morgan fingerprint density at radius 2 is 1.69 bits per heavy atom. The average molecular weight is 732 g/mol. The molecule has 2 aromatic heterocycles. The summed E-state index contributed by atoms with van der Waals surface area (Å²) in [4.78, 5) is 31.0. The van der Waals surface area contributed by atoms with Crippen LogP contribution in [-0.4, -0.2) is 42.6 Å². The third kappa shape index (κ3) is 6.06. The molecule has 0 saturated heterocycles. The van der Waals surface area contributed by atoms with Gasteiger partial charge in [-0.1, -0.05) is 36.4 Å². The quantitative estimate of drug-likeness (QED) is 0.156. The number of rotatable bonds is 9. The van der Waals surface area contributed by atoms with Gasteiger partial charge in [0.2, 0.25) is 5.82 Å². The van der Waals surface area contributed by atoms with Crippen LogP contribution in [-0.2, 0) is 4.79 Å². The van der Waals surface area contributed by atoms with Gasteiger partial charge in [0.05, 0.1) is 41.2 Å². The summed E-state index contributed by atoms with van der Waals surface area (Å²) in [5.74, 6) is 1.49. The number of hydrogen-bond acceptors (Lipinski definition) is 8. The lowest BCUT2D eigenvalue weighted by atomic mass is 10.2. The van der Waals surface area contributed by atoms with Gasteiger partial charge in [-0.2, -0.15) is 9.78 Å². The van der Waals surface area contributed by atoms with Crippen LogP contribution >= 0.6 is 31.9 Å². The number of fused-ring (bicyclic) bond motifs is 2. The fourth-order valence-electron chi connectivity index (χ4n) is 4.67. The molecule has 0 fully saturated rings. The van der Waals surface area contributed by atoms with Crippen molar-refractivity contribution in [2.75, 3.05) is 26.1 Å². The van der Waals surface area contributed by atoms with Crippen LogP contribution in [0, 0.1) is 0 Å². The number of aromatic nitrogens is 2. The molecule has 0 bridgehead atoms. The van der Waals surface area contributed by atoms with Gasteiger partial charge < -0.3 is 23.9 Å². The third-order valence-corrected chi connectivity index (χ3v) is 8.95. The first-order chi connectivity index (χ1) is 21.9. The number of carbonyl (C=O) groups excluding carboxylic acids is 1. The maximum Gasteiger partial charge on any atom is 0.282 e. The molecular formula is C33H24Br2N4O6. The molecule has 226 valence electrons. The first-order valence-corrected chi connectivity index (χ1v) is 15.1. The van der Waals surface area contributed by atoms with Crippen LogP contribution in [0.4, 0.5) is 5.69 Å². The highest BCUT2D eigenvalue weighted by Gasteiger charge is 2.20. The number of nitrogens with one attached hydrogen (secondary N) is 1. The molecule has 2 heterocycles. The predicted molar refractivity (Wildman–Crippen MR) is 180 cm³/mol. The Kier molecular flexibility index (Phi) is 8.67. The Morgan fingerprint density at radius 1 is 0.933 bits per heavy atom. The summed E-state index contributed by atoms with van der Waals surface area (Å²) in [6, 6.07) is 25.0. The summed E-state index contributed by atoms with van der Waals surface area (Å²) in [5, 5.41) is 8.46. The van der Waals surface area contributed by atoms with Crippen LogP contribution in [0.3, 0.4) is 0 Å². The molecule has 1 N–H and O–H groups in total. The lowest BCUT2D eigenvalue weighted by Crippen LogP contribution is -2.20. The monoisotopic (exact) mass is 730 g/mol. The van der Waals surface area contributed by atoms with E-state index in [0.717, 1.165) is 5.39 Å². The number of hydrogen-bond donors (Lipinski definition) is 1. The fourth-order valence-corrected chi connectivity index (χ4v) is 5.61. The maximum absolute atomic E-state index is 13.7. The van der Waals surface area contributed by atoms with Crippen molar-refractivity contribution >= 4 is 71.5 Å². The normalized spacial score (nSPS) is 11.3. The zero-order valence-corrected chi connectivity index (χ0v) is 27.1. The molecule has 6 aromatic rings. The van der Waals surface area contributed by atoms with Gasteiger partial charge >= 0.3 is 0 Å². The largest absolute Gasteiger partial charge is 0.496 e. The molecular weight excluding hydrogens is 708 g/mol. The maximum atomic E-state index is 13.7. The van der Waals surface area contributed by atoms with Crippen molar-refractivity contribution < 1.29 is 23.4 Å². The van der Waals surface area contributed by atoms with Crippen LogP contribution in [0.2, 0.25) is 0 Å². The van der Waals surface area contributed by atoms with E-state index in [2.05, 4.69) is 42.3 Å². The summed E-state index contributed by atoms with van der Waals surface area (Å²) in [6.45, 7) is -0.256. The van der Waals surface area contributed by atoms with Crippen molar-refractivity contribution in [3.8, 4) is 28.8 Å². The number of benzene rings is 4. The Balaban J connectivity index is 1.37. The number of carbonyl (C=O) groups is 1. The van der Waals surface area contributed by atoms with Crippen molar-refractivity contribution in [1.29, 1.82) is 0 Å². The second-order valence-electron chi connectivity index (χ2n) is 9.62. The van der Waals surface area contributed by atoms with Crippen molar-refractivity contribution in [2.24, 2.45) is 5.10 Å².